The van der Waals surface area contributed by atoms with Gasteiger partial charge in [0.2, 0.25) is 11.8 Å². The van der Waals surface area contributed by atoms with Crippen molar-refractivity contribution in [2.45, 2.75) is 96.1 Å². The highest BCUT2D eigenvalue weighted by atomic mass is 16.6. The molecule has 36 heavy (non-hydrogen) atoms. The highest BCUT2D eigenvalue weighted by Gasteiger charge is 2.75. The van der Waals surface area contributed by atoms with E-state index in [4.69, 9.17) is 9.47 Å². The molecule has 4 aliphatic heterocycles. The summed E-state index contributed by atoms with van der Waals surface area (Å²) in [5.74, 6) is -2.90. The van der Waals surface area contributed by atoms with E-state index in [-0.39, 0.29) is 30.4 Å². The number of aliphatic hydroxyl groups is 1. The summed E-state index contributed by atoms with van der Waals surface area (Å²) in [7, 11) is 0. The number of likely N-dealkylation sites (tertiary alicyclic amines) is 1. The van der Waals surface area contributed by atoms with Gasteiger partial charge in [-0.2, -0.15) is 0 Å². The van der Waals surface area contributed by atoms with E-state index in [1.807, 2.05) is 56.9 Å². The van der Waals surface area contributed by atoms with E-state index in [0.29, 0.717) is 13.2 Å². The van der Waals surface area contributed by atoms with Gasteiger partial charge in [-0.05, 0) is 45.4 Å². The number of fused-ring (bicyclic) bond motifs is 2. The molecule has 1 N–H and O–H groups in total. The summed E-state index contributed by atoms with van der Waals surface area (Å²) >= 11 is 0. The third-order valence-electron chi connectivity index (χ3n) is 8.52. The van der Waals surface area contributed by atoms with Crippen LogP contribution in [0.5, 0.6) is 0 Å². The number of amides is 2. The van der Waals surface area contributed by atoms with Crippen LogP contribution < -0.4 is 0 Å². The Morgan fingerprint density at radius 3 is 2.50 bits per heavy atom. The highest BCUT2D eigenvalue weighted by molar-refractivity contribution is 5.99. The number of aliphatic hydroxyl groups excluding tert-OH is 1. The summed E-state index contributed by atoms with van der Waals surface area (Å²) in [6.07, 6.45) is 11.9. The third-order valence-corrected chi connectivity index (χ3v) is 8.52. The number of nitrogens with zero attached hydrogens (tertiary/aromatic N) is 2. The van der Waals surface area contributed by atoms with Crippen LogP contribution in [0, 0.1) is 17.8 Å². The lowest BCUT2D eigenvalue weighted by Crippen LogP contribution is -2.60. The van der Waals surface area contributed by atoms with Crippen LogP contribution in [0.2, 0.25) is 0 Å². The number of allylic oxidation sites excluding steroid dienone is 1. The number of cyclic esters (lactones) is 1. The topological polar surface area (TPSA) is 96.4 Å². The predicted molar refractivity (Wildman–Crippen MR) is 135 cm³/mol. The normalized spacial score (nSPS) is 37.2. The fraction of sp³-hybridized carbons (Fsp3) is 0.750. The van der Waals surface area contributed by atoms with Crippen molar-refractivity contribution in [1.82, 2.24) is 9.80 Å². The molecular formula is C28H42N2O6. The Kier molecular flexibility index (Phi) is 7.68. The van der Waals surface area contributed by atoms with Crippen molar-refractivity contribution in [3.8, 4) is 0 Å². The van der Waals surface area contributed by atoms with Gasteiger partial charge in [-0.15, -0.1) is 0 Å². The molecule has 8 nitrogen and oxygen atoms in total. The quantitative estimate of drug-likeness (QED) is 0.443. The first-order valence-corrected chi connectivity index (χ1v) is 13.6. The Balaban J connectivity index is 1.89. The first-order chi connectivity index (χ1) is 17.1. The highest BCUT2D eigenvalue weighted by Crippen LogP contribution is 2.57. The van der Waals surface area contributed by atoms with Crippen molar-refractivity contribution in [2.75, 3.05) is 19.8 Å². The lowest BCUT2D eigenvalue weighted by Gasteiger charge is -2.42. The molecule has 0 saturated carbocycles. The number of carbonyl (C=O) groups is 3. The van der Waals surface area contributed by atoms with E-state index >= 15 is 0 Å². The van der Waals surface area contributed by atoms with E-state index in [9.17, 15) is 19.5 Å². The Morgan fingerprint density at radius 1 is 1.08 bits per heavy atom. The minimum Gasteiger partial charge on any atom is -0.465 e. The van der Waals surface area contributed by atoms with Crippen LogP contribution >= 0.6 is 0 Å². The molecule has 2 saturated heterocycles. The molecule has 0 aromatic heterocycles. The number of ether oxygens (including phenoxy) is 2. The van der Waals surface area contributed by atoms with Crippen LogP contribution in [0.15, 0.2) is 24.3 Å². The maximum Gasteiger partial charge on any atom is 0.313 e. The molecule has 0 bridgehead atoms. The number of carbonyl (C=O) groups excluding carboxylic acids is 3. The molecule has 4 rings (SSSR count). The van der Waals surface area contributed by atoms with Crippen molar-refractivity contribution >= 4 is 17.8 Å². The minimum absolute atomic E-state index is 0.0209. The summed E-state index contributed by atoms with van der Waals surface area (Å²) in [6, 6.07) is -1.57. The summed E-state index contributed by atoms with van der Waals surface area (Å²) in [5.41, 5.74) is -2.42. The van der Waals surface area contributed by atoms with Gasteiger partial charge < -0.3 is 24.4 Å². The van der Waals surface area contributed by atoms with Crippen LogP contribution in [0.3, 0.4) is 0 Å². The summed E-state index contributed by atoms with van der Waals surface area (Å²) in [6.45, 7) is 10.2. The summed E-state index contributed by atoms with van der Waals surface area (Å²) in [4.78, 5) is 45.5. The fourth-order valence-corrected chi connectivity index (χ4v) is 6.70. The van der Waals surface area contributed by atoms with Crippen LogP contribution in [0.1, 0.15) is 66.7 Å². The van der Waals surface area contributed by atoms with Gasteiger partial charge in [-0.1, -0.05) is 51.5 Å². The van der Waals surface area contributed by atoms with Gasteiger partial charge in [0.05, 0.1) is 30.8 Å². The largest absolute Gasteiger partial charge is 0.465 e. The molecule has 1 spiro atoms. The molecule has 200 valence electrons. The third kappa shape index (κ3) is 4.20. The van der Waals surface area contributed by atoms with E-state index < -0.39 is 41.1 Å². The molecule has 4 aliphatic rings. The number of rotatable bonds is 6. The minimum atomic E-state index is -1.33. The van der Waals surface area contributed by atoms with E-state index in [0.717, 1.165) is 32.1 Å². The fourth-order valence-electron chi connectivity index (χ4n) is 6.70. The van der Waals surface area contributed by atoms with Gasteiger partial charge in [0.1, 0.15) is 17.6 Å². The predicted octanol–water partition coefficient (Wildman–Crippen LogP) is 2.84. The van der Waals surface area contributed by atoms with Crippen LogP contribution in [-0.2, 0) is 23.9 Å². The Labute approximate surface area is 214 Å². The molecule has 8 heteroatoms. The molecule has 2 unspecified atom stereocenters. The first-order valence-electron chi connectivity index (χ1n) is 13.6. The van der Waals surface area contributed by atoms with Gasteiger partial charge in [0.15, 0.2) is 0 Å². The number of esters is 1. The zero-order valence-electron chi connectivity index (χ0n) is 22.3. The second-order valence-electron chi connectivity index (χ2n) is 11.3. The van der Waals surface area contributed by atoms with E-state index in [2.05, 4.69) is 6.92 Å². The summed E-state index contributed by atoms with van der Waals surface area (Å²) in [5, 5.41) is 10.3. The van der Waals surface area contributed by atoms with Crippen LogP contribution in [0.25, 0.3) is 0 Å². The second kappa shape index (κ2) is 10.3. The smallest absolute Gasteiger partial charge is 0.313 e. The molecule has 2 fully saturated rings. The van der Waals surface area contributed by atoms with Crippen LogP contribution in [-0.4, -0.2) is 81.8 Å². The van der Waals surface area contributed by atoms with Gasteiger partial charge in [-0.3, -0.25) is 14.4 Å². The maximum atomic E-state index is 14.3. The Hall–Kier alpha value is -2.19. The average Bonchev–Trinajstić information content (AvgIpc) is 3.14. The van der Waals surface area contributed by atoms with Gasteiger partial charge in [0, 0.05) is 12.6 Å². The van der Waals surface area contributed by atoms with Crippen molar-refractivity contribution in [3.63, 3.8) is 0 Å². The molecule has 7 atom stereocenters. The zero-order chi connectivity index (χ0) is 26.3. The van der Waals surface area contributed by atoms with Crippen molar-refractivity contribution in [1.29, 1.82) is 0 Å². The van der Waals surface area contributed by atoms with Gasteiger partial charge >= 0.3 is 5.97 Å². The monoisotopic (exact) mass is 502 g/mol. The molecule has 0 aromatic rings. The molecule has 0 aliphatic carbocycles. The van der Waals surface area contributed by atoms with Crippen molar-refractivity contribution in [2.24, 2.45) is 17.8 Å². The molecule has 2 amide bonds. The second-order valence-corrected chi connectivity index (χ2v) is 11.3. The lowest BCUT2D eigenvalue weighted by atomic mass is 9.74. The van der Waals surface area contributed by atoms with Crippen molar-refractivity contribution < 1.29 is 29.0 Å². The maximum absolute atomic E-state index is 14.3. The number of hydrogen-bond donors (Lipinski definition) is 1. The van der Waals surface area contributed by atoms with Gasteiger partial charge in [-0.25, -0.2) is 0 Å². The molecule has 0 radical (unpaired) electrons. The zero-order valence-corrected chi connectivity index (χ0v) is 22.3. The number of hydrogen-bond acceptors (Lipinski definition) is 6. The first kappa shape index (κ1) is 26.9. The standard InChI is InChI=1S/C28H42N2O6/c1-6-12-19(4)29-15-11-14-28-21(24(32)30(23(28)25(29)33)20(17-31)18(2)3)22-26(34)35-16-10-8-7-9-13-27(22,5)36-28/h9,11,13-14,18-23,31H,6-8,10,12,15-17H2,1-5H3/b13-9-/t19?,20-,21-,22-,23?,27+,28-/m0/s1. The molecule has 4 heterocycles. The van der Waals surface area contributed by atoms with Gasteiger partial charge in [0.25, 0.3) is 0 Å². The summed E-state index contributed by atoms with van der Waals surface area (Å²) < 4.78 is 12.5. The van der Waals surface area contributed by atoms with E-state index in [1.54, 1.807) is 0 Å². The average molecular weight is 503 g/mol. The Morgan fingerprint density at radius 2 is 1.83 bits per heavy atom. The molecule has 0 aromatic carbocycles. The van der Waals surface area contributed by atoms with Crippen LogP contribution in [0.4, 0.5) is 0 Å². The SMILES string of the molecule is CCCC(C)N1CC=C[C@]23O[C@]4(C)/C=C\CCCCOC(=O)[C@@H]4[C@H]2C(=O)N([C@@H](CO)C(C)C)C3C1=O. The lowest BCUT2D eigenvalue weighted by molar-refractivity contribution is -0.162. The van der Waals surface area contributed by atoms with E-state index in [1.165, 1.54) is 4.90 Å². The Bertz CT molecular complexity index is 931. The molecular weight excluding hydrogens is 460 g/mol. The van der Waals surface area contributed by atoms with Crippen molar-refractivity contribution in [3.05, 3.63) is 24.3 Å².